The van der Waals surface area contributed by atoms with Crippen LogP contribution in [0.25, 0.3) is 0 Å². The molecule has 0 aromatic heterocycles. The molecule has 0 unspecified atom stereocenters. The maximum absolute atomic E-state index is 6.96. The van der Waals surface area contributed by atoms with Crippen molar-refractivity contribution in [1.29, 1.82) is 0 Å². The minimum Gasteiger partial charge on any atom is -0.109 e. The Morgan fingerprint density at radius 1 is 0.611 bits per heavy atom. The molecule has 0 spiro atoms. The first-order valence-corrected chi connectivity index (χ1v) is 7.00. The molecule has 2 aromatic carbocycles. The molecule has 3 aliphatic rings. The summed E-state index contributed by atoms with van der Waals surface area (Å²) in [6.07, 6.45) is 1.82. The number of halogens is 2. The second-order valence-electron chi connectivity index (χ2n) is 5.19. The van der Waals surface area contributed by atoms with Crippen LogP contribution in [0.1, 0.15) is 35.1 Å². The van der Waals surface area contributed by atoms with Crippen molar-refractivity contribution in [3.05, 3.63) is 70.8 Å². The predicted octanol–water partition coefficient (Wildman–Crippen LogP) is 4.76. The third-order valence-corrected chi connectivity index (χ3v) is 5.57. The largest absolute Gasteiger partial charge is 0.109 e. The highest BCUT2D eigenvalue weighted by Gasteiger charge is 2.53. The van der Waals surface area contributed by atoms with Crippen molar-refractivity contribution in [3.8, 4) is 0 Å². The molecule has 3 aliphatic carbocycles. The molecule has 2 aromatic rings. The van der Waals surface area contributed by atoms with Gasteiger partial charge in [0.25, 0.3) is 0 Å². The summed E-state index contributed by atoms with van der Waals surface area (Å²) in [4.78, 5) is -0.770. The highest BCUT2D eigenvalue weighted by molar-refractivity contribution is 6.31. The standard InChI is InChI=1S/C16H12Cl2/c17-15-9-10-16(18,12-6-2-1-5-11(12)15)14-8-4-3-7-13(14)15/h1-8H,9-10H2. The van der Waals surface area contributed by atoms with E-state index in [1.165, 1.54) is 22.3 Å². The van der Waals surface area contributed by atoms with Crippen LogP contribution in [0.5, 0.6) is 0 Å². The molecule has 0 atom stereocenters. The molecule has 0 nitrogen and oxygen atoms in total. The van der Waals surface area contributed by atoms with Crippen LogP contribution in [-0.4, -0.2) is 0 Å². The third-order valence-electron chi connectivity index (χ3n) is 4.38. The van der Waals surface area contributed by atoms with E-state index in [4.69, 9.17) is 23.2 Å². The van der Waals surface area contributed by atoms with Gasteiger partial charge in [-0.3, -0.25) is 0 Å². The first-order chi connectivity index (χ1) is 8.66. The number of alkyl halides is 2. The molecule has 0 N–H and O–H groups in total. The van der Waals surface area contributed by atoms with Crippen LogP contribution in [0, 0.1) is 0 Å². The second-order valence-corrected chi connectivity index (χ2v) is 6.48. The van der Waals surface area contributed by atoms with Gasteiger partial charge in [0.15, 0.2) is 0 Å². The molecule has 2 heteroatoms. The summed E-state index contributed by atoms with van der Waals surface area (Å²) in [5.41, 5.74) is 4.75. The van der Waals surface area contributed by atoms with Crippen LogP contribution in [0.3, 0.4) is 0 Å². The molecule has 0 radical (unpaired) electrons. The molecular formula is C16H12Cl2. The van der Waals surface area contributed by atoms with E-state index in [0.717, 1.165) is 12.8 Å². The predicted molar refractivity (Wildman–Crippen MR) is 75.4 cm³/mol. The average molecular weight is 275 g/mol. The van der Waals surface area contributed by atoms with Gasteiger partial charge in [-0.05, 0) is 35.1 Å². The number of hydrogen-bond acceptors (Lipinski definition) is 0. The minimum absolute atomic E-state index is 0.385. The Kier molecular flexibility index (Phi) is 2.01. The average Bonchev–Trinajstić information content (AvgIpc) is 2.43. The highest BCUT2D eigenvalue weighted by atomic mass is 35.5. The van der Waals surface area contributed by atoms with Gasteiger partial charge >= 0.3 is 0 Å². The van der Waals surface area contributed by atoms with Gasteiger partial charge in [-0.25, -0.2) is 0 Å². The fourth-order valence-corrected chi connectivity index (χ4v) is 4.37. The lowest BCUT2D eigenvalue weighted by molar-refractivity contribution is 0.445. The molecule has 18 heavy (non-hydrogen) atoms. The van der Waals surface area contributed by atoms with Crippen molar-refractivity contribution in [2.45, 2.75) is 22.6 Å². The van der Waals surface area contributed by atoms with E-state index in [0.29, 0.717) is 0 Å². The molecule has 0 fully saturated rings. The topological polar surface area (TPSA) is 0 Å². The number of benzene rings is 2. The van der Waals surface area contributed by atoms with E-state index in [1.807, 2.05) is 24.3 Å². The van der Waals surface area contributed by atoms with Crippen LogP contribution < -0.4 is 0 Å². The van der Waals surface area contributed by atoms with Crippen LogP contribution in [0.4, 0.5) is 0 Å². The van der Waals surface area contributed by atoms with Crippen LogP contribution in [0.2, 0.25) is 0 Å². The molecule has 0 heterocycles. The quantitative estimate of drug-likeness (QED) is 0.608. The van der Waals surface area contributed by atoms with Crippen molar-refractivity contribution in [2.75, 3.05) is 0 Å². The summed E-state index contributed by atoms with van der Waals surface area (Å²) in [6.45, 7) is 0. The smallest absolute Gasteiger partial charge is 0.0951 e. The molecule has 0 amide bonds. The molecule has 0 saturated heterocycles. The lowest BCUT2D eigenvalue weighted by Crippen LogP contribution is -2.43. The zero-order chi connectivity index (χ0) is 12.4. The van der Waals surface area contributed by atoms with E-state index in [1.54, 1.807) is 0 Å². The maximum Gasteiger partial charge on any atom is 0.0951 e. The molecule has 5 rings (SSSR count). The monoisotopic (exact) mass is 274 g/mol. The molecule has 0 aliphatic heterocycles. The SMILES string of the molecule is ClC12CCC(Cl)(c3ccccc31)c1ccccc12. The molecule has 0 saturated carbocycles. The molecule has 90 valence electrons. The van der Waals surface area contributed by atoms with E-state index in [9.17, 15) is 0 Å². The third kappa shape index (κ3) is 1.09. The van der Waals surface area contributed by atoms with Crippen molar-refractivity contribution < 1.29 is 0 Å². The summed E-state index contributed by atoms with van der Waals surface area (Å²) in [5.74, 6) is 0. The zero-order valence-corrected chi connectivity index (χ0v) is 11.3. The number of hydrogen-bond donors (Lipinski definition) is 0. The summed E-state index contributed by atoms with van der Waals surface area (Å²) >= 11 is 13.9. The Morgan fingerprint density at radius 2 is 0.889 bits per heavy atom. The summed E-state index contributed by atoms with van der Waals surface area (Å²) in [6, 6.07) is 16.7. The molecular weight excluding hydrogens is 263 g/mol. The maximum atomic E-state index is 6.96. The van der Waals surface area contributed by atoms with Crippen molar-refractivity contribution in [3.63, 3.8) is 0 Å². The van der Waals surface area contributed by atoms with E-state index < -0.39 is 0 Å². The number of fused-ring (bicyclic) bond motifs is 1. The summed E-state index contributed by atoms with van der Waals surface area (Å²) in [7, 11) is 0. The fourth-order valence-electron chi connectivity index (χ4n) is 3.52. The highest BCUT2D eigenvalue weighted by Crippen LogP contribution is 2.62. The fraction of sp³-hybridized carbons (Fsp3) is 0.250. The second kappa shape index (κ2) is 3.31. The van der Waals surface area contributed by atoms with Crippen molar-refractivity contribution >= 4 is 23.2 Å². The minimum atomic E-state index is -0.385. The van der Waals surface area contributed by atoms with Gasteiger partial charge in [-0.2, -0.15) is 0 Å². The lowest BCUT2D eigenvalue weighted by atomic mass is 9.63. The van der Waals surface area contributed by atoms with Crippen molar-refractivity contribution in [1.82, 2.24) is 0 Å². The van der Waals surface area contributed by atoms with Gasteiger partial charge in [0.05, 0.1) is 9.75 Å². The Bertz CT molecular complexity index is 542. The van der Waals surface area contributed by atoms with Gasteiger partial charge in [0.1, 0.15) is 0 Å². The van der Waals surface area contributed by atoms with Crippen LogP contribution in [0.15, 0.2) is 48.5 Å². The molecule has 2 bridgehead atoms. The van der Waals surface area contributed by atoms with Gasteiger partial charge < -0.3 is 0 Å². The van der Waals surface area contributed by atoms with E-state index >= 15 is 0 Å². The Morgan fingerprint density at radius 3 is 1.17 bits per heavy atom. The normalized spacial score (nSPS) is 31.9. The zero-order valence-electron chi connectivity index (χ0n) is 9.79. The van der Waals surface area contributed by atoms with Gasteiger partial charge in [0.2, 0.25) is 0 Å². The van der Waals surface area contributed by atoms with Gasteiger partial charge in [0, 0.05) is 0 Å². The summed E-state index contributed by atoms with van der Waals surface area (Å²) < 4.78 is 0. The lowest BCUT2D eigenvalue weighted by Gasteiger charge is -2.50. The van der Waals surface area contributed by atoms with Gasteiger partial charge in [-0.1, -0.05) is 48.5 Å². The number of rotatable bonds is 0. The Labute approximate surface area is 117 Å². The van der Waals surface area contributed by atoms with E-state index in [2.05, 4.69) is 24.3 Å². The van der Waals surface area contributed by atoms with E-state index in [-0.39, 0.29) is 9.75 Å². The van der Waals surface area contributed by atoms with Crippen molar-refractivity contribution in [2.24, 2.45) is 0 Å². The first-order valence-electron chi connectivity index (χ1n) is 6.24. The first kappa shape index (κ1) is 10.9. The van der Waals surface area contributed by atoms with Gasteiger partial charge in [-0.15, -0.1) is 23.2 Å². The van der Waals surface area contributed by atoms with Crippen LogP contribution in [-0.2, 0) is 9.75 Å². The summed E-state index contributed by atoms with van der Waals surface area (Å²) in [5, 5.41) is 0. The Hall–Kier alpha value is -0.980. The Balaban J connectivity index is 2.16. The van der Waals surface area contributed by atoms with Crippen LogP contribution >= 0.6 is 23.2 Å².